The number of benzene rings is 3. The topological polar surface area (TPSA) is 259 Å². The number of hydrogen-bond donors (Lipinski definition) is 5. The number of hydrogen-bond acceptors (Lipinski definition) is 15. The predicted molar refractivity (Wildman–Crippen MR) is 234 cm³/mol. The van der Waals surface area contributed by atoms with Crippen molar-refractivity contribution in [1.82, 2.24) is 5.32 Å². The van der Waals surface area contributed by atoms with Crippen molar-refractivity contribution in [2.75, 3.05) is 6.61 Å². The summed E-state index contributed by atoms with van der Waals surface area (Å²) in [5, 5.41) is 49.9. The summed E-state index contributed by atoms with van der Waals surface area (Å²) in [5.74, 6) is -8.47. The van der Waals surface area contributed by atoms with Gasteiger partial charge in [-0.1, -0.05) is 80.6 Å². The average Bonchev–Trinajstić information content (AvgIpc) is 3.29. The van der Waals surface area contributed by atoms with Crippen molar-refractivity contribution in [3.05, 3.63) is 119 Å². The molecule has 2 unspecified atom stereocenters. The minimum atomic E-state index is -2.48. The molecule has 17 nitrogen and oxygen atoms in total. The van der Waals surface area contributed by atoms with Crippen LogP contribution in [0.1, 0.15) is 99.0 Å². The van der Waals surface area contributed by atoms with Gasteiger partial charge >= 0.3 is 29.8 Å². The molecule has 2 bridgehead atoms. The Morgan fingerprint density at radius 2 is 1.45 bits per heavy atom. The Morgan fingerprint density at radius 1 is 0.851 bits per heavy atom. The van der Waals surface area contributed by atoms with Gasteiger partial charge in [-0.2, -0.15) is 0 Å². The Labute approximate surface area is 386 Å². The van der Waals surface area contributed by atoms with Gasteiger partial charge in [0.15, 0.2) is 23.6 Å². The molecule has 67 heavy (non-hydrogen) atoms. The molecule has 1 saturated heterocycles. The van der Waals surface area contributed by atoms with Crippen molar-refractivity contribution in [2.24, 2.45) is 16.7 Å². The molecule has 1 aliphatic heterocycles. The maximum absolute atomic E-state index is 15.8. The van der Waals surface area contributed by atoms with E-state index in [4.69, 9.17) is 23.7 Å². The number of carboxylic acid groups (broad SMARTS) is 1. The van der Waals surface area contributed by atoms with Crippen molar-refractivity contribution < 1.29 is 77.7 Å². The maximum Gasteiger partial charge on any atom is 0.338 e. The molecular formula is C50H55NO16. The van der Waals surface area contributed by atoms with E-state index in [0.717, 1.165) is 6.92 Å². The fourth-order valence-electron chi connectivity index (χ4n) is 10.6. The van der Waals surface area contributed by atoms with Crippen LogP contribution in [-0.4, -0.2) is 116 Å². The predicted octanol–water partition coefficient (Wildman–Crippen LogP) is 3.97. The van der Waals surface area contributed by atoms with Crippen LogP contribution < -0.4 is 5.32 Å². The third-order valence-electron chi connectivity index (χ3n) is 14.2. The van der Waals surface area contributed by atoms with Crippen molar-refractivity contribution in [3.8, 4) is 0 Å². The zero-order valence-electron chi connectivity index (χ0n) is 37.7. The number of carbonyl (C=O) groups excluding carboxylic acids is 6. The highest BCUT2D eigenvalue weighted by Gasteiger charge is 2.78. The summed E-state index contributed by atoms with van der Waals surface area (Å²) in [6, 6.07) is 22.6. The van der Waals surface area contributed by atoms with Gasteiger partial charge in [-0.3, -0.25) is 24.0 Å². The molecule has 17 heteroatoms. The fourth-order valence-corrected chi connectivity index (χ4v) is 10.6. The number of esters is 4. The van der Waals surface area contributed by atoms with E-state index in [1.54, 1.807) is 78.9 Å². The molecule has 2 saturated carbocycles. The summed E-state index contributed by atoms with van der Waals surface area (Å²) in [5.41, 5.74) is -7.65. The van der Waals surface area contributed by atoms with Crippen molar-refractivity contribution >= 4 is 41.5 Å². The number of carboxylic acids is 1. The van der Waals surface area contributed by atoms with Crippen LogP contribution in [0.3, 0.4) is 0 Å². The van der Waals surface area contributed by atoms with Crippen LogP contribution in [-0.2, 0) is 47.7 Å². The van der Waals surface area contributed by atoms with Gasteiger partial charge in [-0.15, -0.1) is 0 Å². The highest BCUT2D eigenvalue weighted by molar-refractivity contribution is 5.96. The first-order valence-electron chi connectivity index (χ1n) is 22.1. The lowest BCUT2D eigenvalue weighted by molar-refractivity contribution is -0.346. The average molecular weight is 926 g/mol. The Morgan fingerprint density at radius 3 is 2.01 bits per heavy atom. The van der Waals surface area contributed by atoms with E-state index in [2.05, 4.69) is 5.32 Å². The number of aliphatic hydroxyl groups is 3. The summed E-state index contributed by atoms with van der Waals surface area (Å²) < 4.78 is 30.5. The number of aliphatic hydroxyl groups excluding tert-OH is 2. The van der Waals surface area contributed by atoms with Crippen LogP contribution in [0.15, 0.2) is 102 Å². The fraction of sp³-hybridized carbons (Fsp3) is 0.460. The first-order valence-corrected chi connectivity index (χ1v) is 22.1. The molecule has 3 aromatic rings. The lowest BCUT2D eigenvalue weighted by Gasteiger charge is -2.67. The van der Waals surface area contributed by atoms with Gasteiger partial charge in [-0.05, 0) is 61.2 Å². The maximum atomic E-state index is 15.8. The Bertz CT molecular complexity index is 2440. The number of ketones is 1. The van der Waals surface area contributed by atoms with Gasteiger partial charge in [0.25, 0.3) is 5.91 Å². The molecule has 4 aliphatic rings. The van der Waals surface area contributed by atoms with E-state index in [9.17, 15) is 49.2 Å². The van der Waals surface area contributed by atoms with Gasteiger partial charge in [0, 0.05) is 43.6 Å². The molecule has 0 radical (unpaired) electrons. The van der Waals surface area contributed by atoms with Crippen LogP contribution in [0, 0.1) is 16.7 Å². The molecule has 5 N–H and O–H groups in total. The third-order valence-corrected chi connectivity index (χ3v) is 14.2. The van der Waals surface area contributed by atoms with E-state index >= 15 is 4.79 Å². The quantitative estimate of drug-likeness (QED) is 0.0871. The second-order valence-electron chi connectivity index (χ2n) is 18.5. The number of fused-ring (bicyclic) bond motifs is 5. The molecule has 11 atom stereocenters. The van der Waals surface area contributed by atoms with Crippen LogP contribution >= 0.6 is 0 Å². The van der Waals surface area contributed by atoms with Crippen molar-refractivity contribution in [2.45, 2.75) is 121 Å². The summed E-state index contributed by atoms with van der Waals surface area (Å²) in [7, 11) is 0. The van der Waals surface area contributed by atoms with Crippen LogP contribution in [0.2, 0.25) is 0 Å². The molecular weight excluding hydrogens is 871 g/mol. The zero-order valence-corrected chi connectivity index (χ0v) is 37.7. The van der Waals surface area contributed by atoms with Gasteiger partial charge in [-0.25, -0.2) is 9.59 Å². The smallest absolute Gasteiger partial charge is 0.338 e. The van der Waals surface area contributed by atoms with E-state index in [1.165, 1.54) is 39.8 Å². The van der Waals surface area contributed by atoms with E-state index < -0.39 is 131 Å². The second-order valence-corrected chi connectivity index (χ2v) is 18.5. The Balaban J connectivity index is 1.40. The highest BCUT2D eigenvalue weighted by Crippen LogP contribution is 2.64. The standard InChI is InChI=1S/C50H55NO16/c1-27-32(64-46(61)39(57)38(29-16-9-6-10-17-29)51-44(59)30-18-11-7-12-19-30)25-50(62)43(66-45(60)31-20-13-8-14-21-31)41-48(5,33(53)24-34-49(41,26-63-34)67-28(2)52)42(58)40(37(27)47(50,3)4)65-36(56)23-15-22-35(54)55/h6-14,16-21,32-34,38-41,43,53,57,62H,15,22-26H2,1-5H3,(H,51,59)(H,54,55)/t32-,33-,34?,38+,39+,40+,41?,43-,48+,49-,50+/m0/s1. The number of aliphatic carboxylic acids is 1. The monoisotopic (exact) mass is 925 g/mol. The number of Topliss-reactive ketones (excluding diaryl/α,β-unsaturated/α-hetero) is 1. The van der Waals surface area contributed by atoms with Crippen molar-refractivity contribution in [3.63, 3.8) is 0 Å². The first kappa shape index (κ1) is 48.7. The zero-order chi connectivity index (χ0) is 48.6. The number of carbonyl (C=O) groups is 7. The third kappa shape index (κ3) is 8.76. The SMILES string of the molecule is CC(=O)O[C@@]12COC1C[C@H](O)[C@@]1(C)C(=O)[C@H](OC(=O)CCCC(=O)O)C3=C(C)[C@@H](OC(=O)[C@H](O)[C@H](NC(=O)c4ccccc4)c4ccccc4)C[C@@](O)([C@@H](OC(=O)c4ccccc4)C21)C3(C)C. The van der Waals surface area contributed by atoms with Crippen molar-refractivity contribution in [1.29, 1.82) is 0 Å². The summed E-state index contributed by atoms with van der Waals surface area (Å²) in [6.07, 6.45) is -12.2. The van der Waals surface area contributed by atoms with Crippen LogP contribution in [0.4, 0.5) is 0 Å². The number of nitrogens with one attached hydrogen (secondary N) is 1. The van der Waals surface area contributed by atoms with Gasteiger partial charge in [0.05, 0.1) is 35.6 Å². The van der Waals surface area contributed by atoms with E-state index in [-0.39, 0.29) is 41.7 Å². The van der Waals surface area contributed by atoms with Crippen LogP contribution in [0.5, 0.6) is 0 Å². The van der Waals surface area contributed by atoms with E-state index in [0.29, 0.717) is 5.56 Å². The first-order chi connectivity index (χ1) is 31.7. The largest absolute Gasteiger partial charge is 0.481 e. The molecule has 356 valence electrons. The molecule has 1 heterocycles. The van der Waals surface area contributed by atoms with Crippen LogP contribution in [0.25, 0.3) is 0 Å². The minimum absolute atomic E-state index is 0.0322. The molecule has 1 amide bonds. The summed E-state index contributed by atoms with van der Waals surface area (Å²) >= 11 is 0. The molecule has 3 aromatic carbocycles. The molecule has 0 spiro atoms. The summed E-state index contributed by atoms with van der Waals surface area (Å²) in [6.45, 7) is 6.62. The molecule has 0 aromatic heterocycles. The molecule has 3 fully saturated rings. The molecule has 7 rings (SSSR count). The van der Waals surface area contributed by atoms with E-state index in [1.807, 2.05) is 0 Å². The van der Waals surface area contributed by atoms with Gasteiger partial charge in [0.1, 0.15) is 23.9 Å². The number of amides is 1. The Kier molecular flexibility index (Phi) is 13.6. The Hall–Kier alpha value is -6.27. The lowest BCUT2D eigenvalue weighted by atomic mass is 9.44. The summed E-state index contributed by atoms with van der Waals surface area (Å²) in [4.78, 5) is 96.3. The lowest BCUT2D eigenvalue weighted by Crippen LogP contribution is -2.82. The number of ether oxygens (including phenoxy) is 5. The minimum Gasteiger partial charge on any atom is -0.481 e. The number of rotatable bonds is 14. The second kappa shape index (κ2) is 18.8. The normalized spacial score (nSPS) is 30.3. The molecule has 3 aliphatic carbocycles. The van der Waals surface area contributed by atoms with Gasteiger partial charge < -0.3 is 49.4 Å². The highest BCUT2D eigenvalue weighted by atomic mass is 16.6. The van der Waals surface area contributed by atoms with Gasteiger partial charge in [0.2, 0.25) is 0 Å².